The summed E-state index contributed by atoms with van der Waals surface area (Å²) in [6, 6.07) is 4.87. The van der Waals surface area contributed by atoms with E-state index in [1.807, 2.05) is 5.01 Å². The van der Waals surface area contributed by atoms with Gasteiger partial charge in [-0.3, -0.25) is 5.01 Å². The number of aromatic nitrogens is 2. The van der Waals surface area contributed by atoms with Crippen LogP contribution in [0.1, 0.15) is 16.8 Å². The van der Waals surface area contributed by atoms with Crippen molar-refractivity contribution in [2.45, 2.75) is 13.1 Å². The van der Waals surface area contributed by atoms with E-state index in [1.165, 1.54) is 16.8 Å². The molecule has 0 radical (unpaired) electrons. The van der Waals surface area contributed by atoms with Crippen molar-refractivity contribution in [1.82, 2.24) is 14.8 Å². The Hall–Kier alpha value is -2.06. The van der Waals surface area contributed by atoms with Crippen molar-refractivity contribution in [1.29, 1.82) is 0 Å². The number of hydrazone groups is 1. The Morgan fingerprint density at radius 1 is 1.28 bits per heavy atom. The Bertz CT molecular complexity index is 782. The predicted molar refractivity (Wildman–Crippen MR) is 88.3 cm³/mol. The van der Waals surface area contributed by atoms with Gasteiger partial charge in [-0.25, -0.2) is 4.68 Å². The van der Waals surface area contributed by atoms with Crippen LogP contribution in [0.5, 0.6) is 0 Å². The normalized spacial score (nSPS) is 16.0. The minimum absolute atomic E-state index is 0.217. The van der Waals surface area contributed by atoms with Gasteiger partial charge in [0.05, 0.1) is 55.0 Å². The number of hydrogen-bond acceptors (Lipinski definition) is 4. The lowest BCUT2D eigenvalue weighted by Gasteiger charge is -2.23. The van der Waals surface area contributed by atoms with Gasteiger partial charge in [0.2, 0.25) is 0 Å². The summed E-state index contributed by atoms with van der Waals surface area (Å²) in [4.78, 5) is 0. The Kier molecular flexibility index (Phi) is 5.01. The van der Waals surface area contributed by atoms with E-state index in [4.69, 9.17) is 16.3 Å². The van der Waals surface area contributed by atoms with E-state index < -0.39 is 11.7 Å². The summed E-state index contributed by atoms with van der Waals surface area (Å²) in [6.07, 6.45) is -2.84. The van der Waals surface area contributed by atoms with Crippen LogP contribution in [-0.4, -0.2) is 47.3 Å². The molecule has 0 spiro atoms. The fraction of sp³-hybridized carbons (Fsp3) is 0.375. The molecule has 1 aliphatic rings. The van der Waals surface area contributed by atoms with Crippen molar-refractivity contribution >= 4 is 17.8 Å². The summed E-state index contributed by atoms with van der Waals surface area (Å²) in [6.45, 7) is 4.29. The monoisotopic (exact) mass is 372 g/mol. The maximum atomic E-state index is 12.9. The van der Waals surface area contributed by atoms with Crippen LogP contribution < -0.4 is 0 Å². The fourth-order valence-electron chi connectivity index (χ4n) is 2.45. The first-order valence-electron chi connectivity index (χ1n) is 7.65. The smallest absolute Gasteiger partial charge is 0.378 e. The number of hydrogen-bond donors (Lipinski definition) is 0. The molecule has 0 unspecified atom stereocenters. The third-order valence-corrected chi connectivity index (χ3v) is 4.17. The minimum Gasteiger partial charge on any atom is -0.378 e. The van der Waals surface area contributed by atoms with E-state index in [9.17, 15) is 13.2 Å². The molecular weight excluding hydrogens is 357 g/mol. The zero-order valence-electron chi connectivity index (χ0n) is 13.4. The quantitative estimate of drug-likeness (QED) is 0.774. The second-order valence-electron chi connectivity index (χ2n) is 5.56. The molecule has 5 nitrogen and oxygen atoms in total. The fourth-order valence-corrected chi connectivity index (χ4v) is 2.77. The SMILES string of the molecule is Cc1nn(-c2cccc(C(F)(F)F)c2)c(Cl)c1C=NN1CCOCC1. The summed E-state index contributed by atoms with van der Waals surface area (Å²) >= 11 is 6.33. The van der Waals surface area contributed by atoms with Gasteiger partial charge in [-0.1, -0.05) is 17.7 Å². The molecule has 9 heteroatoms. The van der Waals surface area contributed by atoms with Crippen molar-refractivity contribution in [3.63, 3.8) is 0 Å². The first-order chi connectivity index (χ1) is 11.9. The number of morpholine rings is 1. The number of nitrogens with zero attached hydrogens (tertiary/aromatic N) is 4. The standard InChI is InChI=1S/C16H16ClF3N4O/c1-11-14(10-21-23-5-7-25-8-6-23)15(17)24(22-11)13-4-2-3-12(9-13)16(18,19)20/h2-4,9-10H,5-8H2,1H3. The van der Waals surface area contributed by atoms with Crippen LogP contribution >= 0.6 is 11.6 Å². The van der Waals surface area contributed by atoms with Gasteiger partial charge < -0.3 is 4.74 Å². The van der Waals surface area contributed by atoms with Crippen molar-refractivity contribution in [2.24, 2.45) is 5.10 Å². The van der Waals surface area contributed by atoms with Gasteiger partial charge in [-0.2, -0.15) is 23.4 Å². The molecule has 1 saturated heterocycles. The van der Waals surface area contributed by atoms with E-state index in [-0.39, 0.29) is 10.8 Å². The van der Waals surface area contributed by atoms with Crippen LogP contribution in [0.4, 0.5) is 13.2 Å². The maximum absolute atomic E-state index is 12.9. The Balaban J connectivity index is 1.90. The molecule has 134 valence electrons. The molecule has 2 heterocycles. The largest absolute Gasteiger partial charge is 0.416 e. The van der Waals surface area contributed by atoms with Crippen LogP contribution in [0, 0.1) is 6.92 Å². The number of halogens is 4. The Morgan fingerprint density at radius 2 is 2.00 bits per heavy atom. The first kappa shape index (κ1) is 17.8. The maximum Gasteiger partial charge on any atom is 0.416 e. The zero-order chi connectivity index (χ0) is 18.0. The topological polar surface area (TPSA) is 42.7 Å². The average molecular weight is 373 g/mol. The molecule has 1 aromatic carbocycles. The molecule has 1 aromatic heterocycles. The predicted octanol–water partition coefficient (Wildman–Crippen LogP) is 3.52. The van der Waals surface area contributed by atoms with Gasteiger partial charge in [-0.05, 0) is 25.1 Å². The third kappa shape index (κ3) is 3.96. The number of ether oxygens (including phenoxy) is 1. The molecule has 0 atom stereocenters. The molecule has 0 amide bonds. The van der Waals surface area contributed by atoms with Crippen molar-refractivity contribution in [2.75, 3.05) is 26.3 Å². The van der Waals surface area contributed by atoms with Crippen molar-refractivity contribution in [3.05, 3.63) is 46.2 Å². The molecule has 1 fully saturated rings. The third-order valence-electron chi connectivity index (χ3n) is 3.80. The summed E-state index contributed by atoms with van der Waals surface area (Å²) < 4.78 is 45.2. The van der Waals surface area contributed by atoms with Gasteiger partial charge >= 0.3 is 6.18 Å². The van der Waals surface area contributed by atoms with Gasteiger partial charge in [0, 0.05) is 0 Å². The van der Waals surface area contributed by atoms with Gasteiger partial charge in [-0.15, -0.1) is 0 Å². The minimum atomic E-state index is -4.43. The van der Waals surface area contributed by atoms with Gasteiger partial charge in [0.15, 0.2) is 0 Å². The molecule has 25 heavy (non-hydrogen) atoms. The lowest BCUT2D eigenvalue weighted by atomic mass is 10.2. The second-order valence-corrected chi connectivity index (χ2v) is 5.92. The number of alkyl halides is 3. The second kappa shape index (κ2) is 7.05. The van der Waals surface area contributed by atoms with E-state index >= 15 is 0 Å². The summed E-state index contributed by atoms with van der Waals surface area (Å²) in [5.74, 6) is 0. The van der Waals surface area contributed by atoms with Crippen LogP contribution in [0.2, 0.25) is 5.15 Å². The van der Waals surface area contributed by atoms with E-state index in [0.29, 0.717) is 37.6 Å². The zero-order valence-corrected chi connectivity index (χ0v) is 14.2. The molecule has 3 rings (SSSR count). The van der Waals surface area contributed by atoms with E-state index in [1.54, 1.807) is 13.1 Å². The first-order valence-corrected chi connectivity index (χ1v) is 8.03. The average Bonchev–Trinajstić information content (AvgIpc) is 2.88. The molecule has 1 aliphatic heterocycles. The number of rotatable bonds is 3. The highest BCUT2D eigenvalue weighted by Gasteiger charge is 2.30. The molecule has 0 aliphatic carbocycles. The Morgan fingerprint density at radius 3 is 2.68 bits per heavy atom. The highest BCUT2D eigenvalue weighted by molar-refractivity contribution is 6.32. The highest BCUT2D eigenvalue weighted by atomic mass is 35.5. The molecule has 0 saturated carbocycles. The van der Waals surface area contributed by atoms with Crippen LogP contribution in [0.25, 0.3) is 5.69 Å². The van der Waals surface area contributed by atoms with E-state index in [2.05, 4.69) is 10.2 Å². The van der Waals surface area contributed by atoms with Crippen molar-refractivity contribution < 1.29 is 17.9 Å². The number of benzene rings is 1. The molecule has 2 aromatic rings. The van der Waals surface area contributed by atoms with Crippen LogP contribution in [0.3, 0.4) is 0 Å². The molecule has 0 N–H and O–H groups in total. The van der Waals surface area contributed by atoms with Gasteiger partial charge in [0.25, 0.3) is 0 Å². The summed E-state index contributed by atoms with van der Waals surface area (Å²) in [7, 11) is 0. The lowest BCUT2D eigenvalue weighted by Crippen LogP contribution is -2.32. The summed E-state index contributed by atoms with van der Waals surface area (Å²) in [5, 5.41) is 10.7. The lowest BCUT2D eigenvalue weighted by molar-refractivity contribution is -0.137. The molecular formula is C16H16ClF3N4O. The Labute approximate surface area is 147 Å². The van der Waals surface area contributed by atoms with Crippen LogP contribution in [0.15, 0.2) is 29.4 Å². The number of aryl methyl sites for hydroxylation is 1. The highest BCUT2D eigenvalue weighted by Crippen LogP contribution is 2.31. The van der Waals surface area contributed by atoms with Crippen molar-refractivity contribution in [3.8, 4) is 5.69 Å². The molecule has 0 bridgehead atoms. The van der Waals surface area contributed by atoms with Gasteiger partial charge in [0.1, 0.15) is 5.15 Å². The summed E-state index contributed by atoms with van der Waals surface area (Å²) in [5.41, 5.74) is 0.650. The van der Waals surface area contributed by atoms with E-state index in [0.717, 1.165) is 12.1 Å². The van der Waals surface area contributed by atoms with Crippen LogP contribution in [-0.2, 0) is 10.9 Å².